The van der Waals surface area contributed by atoms with Gasteiger partial charge >= 0.3 is 0 Å². The van der Waals surface area contributed by atoms with Gasteiger partial charge in [-0.3, -0.25) is 4.68 Å². The van der Waals surface area contributed by atoms with Gasteiger partial charge in [-0.05, 0) is 24.8 Å². The highest BCUT2D eigenvalue weighted by Gasteiger charge is 2.21. The van der Waals surface area contributed by atoms with E-state index < -0.39 is 0 Å². The topological polar surface area (TPSA) is 77.0 Å². The molecule has 108 valence electrons. The van der Waals surface area contributed by atoms with Crippen LogP contribution in [0.25, 0.3) is 0 Å². The summed E-state index contributed by atoms with van der Waals surface area (Å²) < 4.78 is 7.17. The highest BCUT2D eigenvalue weighted by molar-refractivity contribution is 5.05. The first-order valence-electron chi connectivity index (χ1n) is 7.30. The molecule has 6 nitrogen and oxygen atoms in total. The molecule has 1 N–H and O–H groups in total. The minimum absolute atomic E-state index is 0.139. The molecule has 2 heterocycles. The van der Waals surface area contributed by atoms with Gasteiger partial charge in [-0.1, -0.05) is 24.4 Å². The molecule has 20 heavy (non-hydrogen) atoms. The van der Waals surface area contributed by atoms with Gasteiger partial charge in [-0.2, -0.15) is 10.1 Å². The Balaban J connectivity index is 1.63. The van der Waals surface area contributed by atoms with Crippen molar-refractivity contribution in [2.75, 3.05) is 6.61 Å². The molecule has 2 aromatic rings. The zero-order valence-corrected chi connectivity index (χ0v) is 11.5. The van der Waals surface area contributed by atoms with Crippen molar-refractivity contribution in [2.24, 2.45) is 0 Å². The van der Waals surface area contributed by atoms with Gasteiger partial charge in [0.2, 0.25) is 5.89 Å². The summed E-state index contributed by atoms with van der Waals surface area (Å²) in [5.41, 5.74) is 1.02. The molecule has 0 aliphatic heterocycles. The van der Waals surface area contributed by atoms with Gasteiger partial charge in [0.1, 0.15) is 6.54 Å². The first kappa shape index (κ1) is 13.3. The quantitative estimate of drug-likeness (QED) is 0.902. The van der Waals surface area contributed by atoms with Crippen LogP contribution < -0.4 is 0 Å². The Morgan fingerprint density at radius 3 is 2.95 bits per heavy atom. The lowest BCUT2D eigenvalue weighted by Crippen LogP contribution is -2.06. The van der Waals surface area contributed by atoms with Gasteiger partial charge in [0.05, 0.1) is 6.20 Å². The minimum Gasteiger partial charge on any atom is -0.396 e. The second kappa shape index (κ2) is 6.17. The van der Waals surface area contributed by atoms with Crippen LogP contribution in [0.15, 0.2) is 16.9 Å². The number of aliphatic hydroxyl groups is 1. The zero-order valence-electron chi connectivity index (χ0n) is 11.5. The second-order valence-corrected chi connectivity index (χ2v) is 5.40. The lowest BCUT2D eigenvalue weighted by atomic mass is 9.89. The zero-order chi connectivity index (χ0) is 13.8. The van der Waals surface area contributed by atoms with Gasteiger partial charge in [0.25, 0.3) is 0 Å². The van der Waals surface area contributed by atoms with Crippen molar-refractivity contribution in [1.29, 1.82) is 0 Å². The smallest absolute Gasteiger partial charge is 0.229 e. The van der Waals surface area contributed by atoms with E-state index in [0.717, 1.165) is 24.3 Å². The van der Waals surface area contributed by atoms with Crippen LogP contribution in [0.2, 0.25) is 0 Å². The van der Waals surface area contributed by atoms with Crippen LogP contribution in [0, 0.1) is 0 Å². The third-order valence-corrected chi connectivity index (χ3v) is 3.83. The van der Waals surface area contributed by atoms with Crippen LogP contribution in [0.4, 0.5) is 0 Å². The lowest BCUT2D eigenvalue weighted by Gasteiger charge is -2.17. The van der Waals surface area contributed by atoms with E-state index in [1.165, 1.54) is 19.3 Å². The fourth-order valence-electron chi connectivity index (χ4n) is 2.74. The molecule has 0 amide bonds. The summed E-state index contributed by atoms with van der Waals surface area (Å²) in [5, 5.41) is 17.2. The van der Waals surface area contributed by atoms with Crippen molar-refractivity contribution in [2.45, 2.75) is 51.0 Å². The van der Waals surface area contributed by atoms with Crippen molar-refractivity contribution in [3.8, 4) is 0 Å². The van der Waals surface area contributed by atoms with Crippen molar-refractivity contribution in [3.63, 3.8) is 0 Å². The molecule has 0 atom stereocenters. The van der Waals surface area contributed by atoms with E-state index in [9.17, 15) is 0 Å². The van der Waals surface area contributed by atoms with Gasteiger partial charge in [0.15, 0.2) is 5.82 Å². The average molecular weight is 276 g/mol. The maximum absolute atomic E-state index is 8.89. The Bertz CT molecular complexity index is 543. The van der Waals surface area contributed by atoms with Crippen molar-refractivity contribution < 1.29 is 9.63 Å². The van der Waals surface area contributed by atoms with Gasteiger partial charge < -0.3 is 9.63 Å². The molecule has 1 aliphatic carbocycles. The summed E-state index contributed by atoms with van der Waals surface area (Å²) in [7, 11) is 0. The molecule has 0 saturated heterocycles. The van der Waals surface area contributed by atoms with Gasteiger partial charge in [0, 0.05) is 18.7 Å². The maximum atomic E-state index is 8.89. The standard InChI is InChI=1S/C14H20N4O2/c19-7-6-11-8-15-18(9-11)10-13-16-14(20-17-13)12-4-2-1-3-5-12/h8-9,12,19H,1-7,10H2. The Morgan fingerprint density at radius 1 is 1.30 bits per heavy atom. The van der Waals surface area contributed by atoms with Gasteiger partial charge in [-0.15, -0.1) is 0 Å². The van der Waals surface area contributed by atoms with E-state index in [2.05, 4.69) is 15.2 Å². The molecule has 0 spiro atoms. The second-order valence-electron chi connectivity index (χ2n) is 5.40. The molecule has 1 fully saturated rings. The van der Waals surface area contributed by atoms with Crippen LogP contribution in [-0.4, -0.2) is 31.6 Å². The summed E-state index contributed by atoms with van der Waals surface area (Å²) in [5.74, 6) is 1.89. The molecule has 6 heteroatoms. The van der Waals surface area contributed by atoms with Crippen molar-refractivity contribution in [3.05, 3.63) is 29.7 Å². The average Bonchev–Trinajstić information content (AvgIpc) is 3.11. The molecular formula is C14H20N4O2. The molecule has 1 saturated carbocycles. The summed E-state index contributed by atoms with van der Waals surface area (Å²) in [6, 6.07) is 0. The Labute approximate surface area is 117 Å². The lowest BCUT2D eigenvalue weighted by molar-refractivity contribution is 0.299. The summed E-state index contributed by atoms with van der Waals surface area (Å²) in [6.45, 7) is 0.654. The van der Waals surface area contributed by atoms with Crippen LogP contribution >= 0.6 is 0 Å². The SMILES string of the molecule is OCCc1cnn(Cc2noc(C3CCCCC3)n2)c1. The fourth-order valence-corrected chi connectivity index (χ4v) is 2.74. The monoisotopic (exact) mass is 276 g/mol. The van der Waals surface area contributed by atoms with E-state index in [0.29, 0.717) is 24.7 Å². The molecule has 3 rings (SSSR count). The molecule has 0 unspecified atom stereocenters. The van der Waals surface area contributed by atoms with Crippen LogP contribution in [0.3, 0.4) is 0 Å². The minimum atomic E-state index is 0.139. The van der Waals surface area contributed by atoms with Crippen LogP contribution in [0.1, 0.15) is 55.3 Å². The van der Waals surface area contributed by atoms with Crippen LogP contribution in [-0.2, 0) is 13.0 Å². The predicted molar refractivity (Wildman–Crippen MR) is 72.2 cm³/mol. The summed E-state index contributed by atoms with van der Waals surface area (Å²) in [6.07, 6.45) is 10.4. The van der Waals surface area contributed by atoms with Gasteiger partial charge in [-0.25, -0.2) is 0 Å². The number of aromatic nitrogens is 4. The maximum Gasteiger partial charge on any atom is 0.229 e. The highest BCUT2D eigenvalue weighted by atomic mass is 16.5. The summed E-state index contributed by atoms with van der Waals surface area (Å²) >= 11 is 0. The van der Waals surface area contributed by atoms with E-state index in [4.69, 9.17) is 9.63 Å². The third kappa shape index (κ3) is 3.07. The first-order valence-corrected chi connectivity index (χ1v) is 7.30. The molecule has 0 bridgehead atoms. The van der Waals surface area contributed by atoms with Crippen molar-refractivity contribution in [1.82, 2.24) is 19.9 Å². The fraction of sp³-hybridized carbons (Fsp3) is 0.643. The van der Waals surface area contributed by atoms with E-state index >= 15 is 0 Å². The Morgan fingerprint density at radius 2 is 2.15 bits per heavy atom. The number of rotatable bonds is 5. The van der Waals surface area contributed by atoms with Crippen molar-refractivity contribution >= 4 is 0 Å². The molecular weight excluding hydrogens is 256 g/mol. The largest absolute Gasteiger partial charge is 0.396 e. The van der Waals surface area contributed by atoms with E-state index in [1.807, 2.05) is 6.20 Å². The van der Waals surface area contributed by atoms with E-state index in [-0.39, 0.29) is 6.61 Å². The third-order valence-electron chi connectivity index (χ3n) is 3.83. The number of hydrogen-bond donors (Lipinski definition) is 1. The Kier molecular flexibility index (Phi) is 4.11. The molecule has 2 aromatic heterocycles. The highest BCUT2D eigenvalue weighted by Crippen LogP contribution is 2.31. The van der Waals surface area contributed by atoms with Crippen LogP contribution in [0.5, 0.6) is 0 Å². The van der Waals surface area contributed by atoms with E-state index in [1.54, 1.807) is 10.9 Å². The molecule has 0 aromatic carbocycles. The number of nitrogens with zero attached hydrogens (tertiary/aromatic N) is 4. The normalized spacial score (nSPS) is 16.6. The summed E-state index contributed by atoms with van der Waals surface area (Å²) in [4.78, 5) is 4.50. The first-order chi connectivity index (χ1) is 9.85. The molecule has 1 aliphatic rings. The predicted octanol–water partition coefficient (Wildman–Crippen LogP) is 1.90. The number of aliphatic hydroxyl groups excluding tert-OH is 1. The number of hydrogen-bond acceptors (Lipinski definition) is 5. The molecule has 0 radical (unpaired) electrons. The Hall–Kier alpha value is -1.69.